The number of para-hydroxylation sites is 1. The molecule has 1 atom stereocenters. The van der Waals surface area contributed by atoms with Crippen molar-refractivity contribution in [2.24, 2.45) is 0 Å². The van der Waals surface area contributed by atoms with E-state index >= 15 is 0 Å². The molecule has 0 saturated carbocycles. The van der Waals surface area contributed by atoms with Crippen LogP contribution < -0.4 is 4.74 Å². The predicted octanol–water partition coefficient (Wildman–Crippen LogP) is 3.96. The van der Waals surface area contributed by atoms with E-state index in [4.69, 9.17) is 4.74 Å². The van der Waals surface area contributed by atoms with E-state index in [9.17, 15) is 4.79 Å². The Morgan fingerprint density at radius 2 is 1.76 bits per heavy atom. The maximum absolute atomic E-state index is 13.1. The van der Waals surface area contributed by atoms with Crippen LogP contribution in [0.3, 0.4) is 0 Å². The Labute approximate surface area is 152 Å². The Kier molecular flexibility index (Phi) is 6.74. The monoisotopic (exact) mass is 344 g/mol. The van der Waals surface area contributed by atoms with Crippen molar-refractivity contribution >= 4 is 5.91 Å². The molecule has 1 aromatic rings. The number of hydrogen-bond donors (Lipinski definition) is 0. The molecular weight excluding hydrogens is 312 g/mol. The average molecular weight is 344 g/mol. The number of carbonyl (C=O) groups excluding carboxylic acids is 1. The quantitative estimate of drug-likeness (QED) is 0.811. The van der Waals surface area contributed by atoms with Gasteiger partial charge < -0.3 is 14.5 Å². The van der Waals surface area contributed by atoms with Gasteiger partial charge in [0.25, 0.3) is 5.91 Å². The maximum Gasteiger partial charge on any atom is 0.257 e. The van der Waals surface area contributed by atoms with Gasteiger partial charge in [-0.3, -0.25) is 4.79 Å². The van der Waals surface area contributed by atoms with Crippen LogP contribution in [-0.2, 0) is 0 Å². The number of piperidine rings is 1. The van der Waals surface area contributed by atoms with Gasteiger partial charge in [0.1, 0.15) is 5.75 Å². The predicted molar refractivity (Wildman–Crippen MR) is 101 cm³/mol. The fourth-order valence-corrected chi connectivity index (χ4v) is 4.24. The van der Waals surface area contributed by atoms with Gasteiger partial charge in [-0.15, -0.1) is 0 Å². The molecule has 3 rings (SSSR count). The summed E-state index contributed by atoms with van der Waals surface area (Å²) >= 11 is 0. The van der Waals surface area contributed by atoms with Crippen molar-refractivity contribution < 1.29 is 9.53 Å². The average Bonchev–Trinajstić information content (AvgIpc) is 2.95. The lowest BCUT2D eigenvalue weighted by Gasteiger charge is -2.37. The highest BCUT2D eigenvalue weighted by Crippen LogP contribution is 2.26. The number of likely N-dealkylation sites (tertiary alicyclic amines) is 2. The molecule has 0 radical (unpaired) electrons. The molecule has 2 aliphatic rings. The van der Waals surface area contributed by atoms with E-state index in [-0.39, 0.29) is 5.91 Å². The molecule has 2 fully saturated rings. The number of amides is 1. The topological polar surface area (TPSA) is 32.8 Å². The highest BCUT2D eigenvalue weighted by molar-refractivity contribution is 5.97. The summed E-state index contributed by atoms with van der Waals surface area (Å²) in [5, 5.41) is 0. The van der Waals surface area contributed by atoms with E-state index in [1.54, 1.807) is 7.11 Å². The zero-order valence-electron chi connectivity index (χ0n) is 15.6. The second kappa shape index (κ2) is 9.23. The van der Waals surface area contributed by atoms with Crippen molar-refractivity contribution in [2.75, 3.05) is 33.3 Å². The van der Waals surface area contributed by atoms with Crippen LogP contribution in [0, 0.1) is 0 Å². The van der Waals surface area contributed by atoms with E-state index in [0.29, 0.717) is 17.4 Å². The van der Waals surface area contributed by atoms with Crippen LogP contribution in [0.4, 0.5) is 0 Å². The SMILES string of the molecule is COc1ccccc1C(=O)N1CCCCC1CCN1CCCCCC1. The van der Waals surface area contributed by atoms with Crippen LogP contribution in [0.15, 0.2) is 24.3 Å². The van der Waals surface area contributed by atoms with Crippen molar-refractivity contribution in [1.82, 2.24) is 9.80 Å². The normalized spacial score (nSPS) is 22.4. The molecule has 4 nitrogen and oxygen atoms in total. The van der Waals surface area contributed by atoms with Crippen LogP contribution in [0.1, 0.15) is 61.7 Å². The molecule has 138 valence electrons. The summed E-state index contributed by atoms with van der Waals surface area (Å²) in [5.74, 6) is 0.822. The van der Waals surface area contributed by atoms with Gasteiger partial charge in [0.2, 0.25) is 0 Å². The van der Waals surface area contributed by atoms with Crippen LogP contribution in [0.25, 0.3) is 0 Å². The van der Waals surface area contributed by atoms with E-state index in [1.165, 1.54) is 45.2 Å². The molecule has 2 aliphatic heterocycles. The molecule has 0 aliphatic carbocycles. The van der Waals surface area contributed by atoms with Crippen molar-refractivity contribution in [1.29, 1.82) is 0 Å². The molecule has 4 heteroatoms. The minimum atomic E-state index is 0.137. The van der Waals surface area contributed by atoms with E-state index in [2.05, 4.69) is 9.80 Å². The molecule has 1 aromatic carbocycles. The van der Waals surface area contributed by atoms with Crippen LogP contribution >= 0.6 is 0 Å². The molecule has 1 amide bonds. The number of nitrogens with zero attached hydrogens (tertiary/aromatic N) is 2. The summed E-state index contributed by atoms with van der Waals surface area (Å²) in [6.45, 7) is 4.46. The molecule has 0 spiro atoms. The fraction of sp³-hybridized carbons (Fsp3) is 0.667. The van der Waals surface area contributed by atoms with Crippen molar-refractivity contribution in [3.05, 3.63) is 29.8 Å². The first-order chi connectivity index (χ1) is 12.3. The van der Waals surface area contributed by atoms with Gasteiger partial charge in [-0.1, -0.05) is 25.0 Å². The van der Waals surface area contributed by atoms with Crippen molar-refractivity contribution in [3.63, 3.8) is 0 Å². The Morgan fingerprint density at radius 1 is 1.04 bits per heavy atom. The highest BCUT2D eigenvalue weighted by atomic mass is 16.5. The standard InChI is InChI=1S/C21H32N2O2/c1-25-20-12-5-4-11-19(20)21(24)23-16-9-6-10-18(23)13-17-22-14-7-2-3-8-15-22/h4-5,11-12,18H,2-3,6-10,13-17H2,1H3. The Hall–Kier alpha value is -1.55. The van der Waals surface area contributed by atoms with Crippen LogP contribution in [-0.4, -0.2) is 55.0 Å². The summed E-state index contributed by atoms with van der Waals surface area (Å²) in [6.07, 6.45) is 9.98. The smallest absolute Gasteiger partial charge is 0.257 e. The summed E-state index contributed by atoms with van der Waals surface area (Å²) in [7, 11) is 1.64. The number of rotatable bonds is 5. The number of methoxy groups -OCH3 is 1. The number of carbonyl (C=O) groups is 1. The minimum Gasteiger partial charge on any atom is -0.496 e. The fourth-order valence-electron chi connectivity index (χ4n) is 4.24. The second-order valence-electron chi connectivity index (χ2n) is 7.39. The molecule has 2 heterocycles. The Bertz CT molecular complexity index is 553. The molecule has 0 bridgehead atoms. The van der Waals surface area contributed by atoms with Crippen molar-refractivity contribution in [2.45, 2.75) is 57.4 Å². The van der Waals surface area contributed by atoms with Gasteiger partial charge in [0, 0.05) is 19.1 Å². The second-order valence-corrected chi connectivity index (χ2v) is 7.39. The number of hydrogen-bond acceptors (Lipinski definition) is 3. The lowest BCUT2D eigenvalue weighted by molar-refractivity contribution is 0.0581. The van der Waals surface area contributed by atoms with Gasteiger partial charge in [-0.25, -0.2) is 0 Å². The van der Waals surface area contributed by atoms with E-state index < -0.39 is 0 Å². The van der Waals surface area contributed by atoms with Gasteiger partial charge in [-0.2, -0.15) is 0 Å². The Morgan fingerprint density at radius 3 is 2.52 bits per heavy atom. The first-order valence-electron chi connectivity index (χ1n) is 9.96. The third kappa shape index (κ3) is 4.75. The molecular formula is C21H32N2O2. The van der Waals surface area contributed by atoms with Gasteiger partial charge in [0.15, 0.2) is 0 Å². The van der Waals surface area contributed by atoms with E-state index in [1.807, 2.05) is 24.3 Å². The van der Waals surface area contributed by atoms with E-state index in [0.717, 1.165) is 32.4 Å². The maximum atomic E-state index is 13.1. The number of ether oxygens (including phenoxy) is 1. The number of benzene rings is 1. The van der Waals surface area contributed by atoms with Crippen molar-refractivity contribution in [3.8, 4) is 5.75 Å². The molecule has 1 unspecified atom stereocenters. The summed E-state index contributed by atoms with van der Waals surface area (Å²) in [4.78, 5) is 17.8. The lowest BCUT2D eigenvalue weighted by Crippen LogP contribution is -2.45. The first kappa shape index (κ1) is 18.2. The third-order valence-corrected chi connectivity index (χ3v) is 5.70. The van der Waals surface area contributed by atoms with Gasteiger partial charge in [-0.05, 0) is 63.7 Å². The largest absolute Gasteiger partial charge is 0.496 e. The minimum absolute atomic E-state index is 0.137. The van der Waals surface area contributed by atoms with Gasteiger partial charge in [0.05, 0.1) is 12.7 Å². The third-order valence-electron chi connectivity index (χ3n) is 5.70. The molecule has 2 saturated heterocycles. The van der Waals surface area contributed by atoms with Gasteiger partial charge >= 0.3 is 0 Å². The zero-order valence-corrected chi connectivity index (χ0v) is 15.6. The summed E-state index contributed by atoms with van der Waals surface area (Å²) in [6, 6.07) is 7.98. The Balaban J connectivity index is 1.64. The van der Waals surface area contributed by atoms with Crippen LogP contribution in [0.5, 0.6) is 5.75 Å². The zero-order chi connectivity index (χ0) is 17.5. The lowest BCUT2D eigenvalue weighted by atomic mass is 9.97. The highest BCUT2D eigenvalue weighted by Gasteiger charge is 2.29. The molecule has 0 N–H and O–H groups in total. The summed E-state index contributed by atoms with van der Waals surface area (Å²) < 4.78 is 5.41. The molecule has 25 heavy (non-hydrogen) atoms. The summed E-state index contributed by atoms with van der Waals surface area (Å²) in [5.41, 5.74) is 0.701. The molecule has 0 aromatic heterocycles. The van der Waals surface area contributed by atoms with Crippen LogP contribution in [0.2, 0.25) is 0 Å². The first-order valence-corrected chi connectivity index (χ1v) is 9.96.